The number of H-pyrrole nitrogens is 1. The molecule has 1 aromatic carbocycles. The Morgan fingerprint density at radius 3 is 2.17 bits per heavy atom. The first kappa shape index (κ1) is 28.0. The van der Waals surface area contributed by atoms with E-state index in [4.69, 9.17) is 5.73 Å². The van der Waals surface area contributed by atoms with Crippen molar-refractivity contribution in [3.05, 3.63) is 54.1 Å². The number of nitrogens with one attached hydrogen (secondary N) is 5. The molecule has 4 atom stereocenters. The van der Waals surface area contributed by atoms with Gasteiger partial charge in [-0.1, -0.05) is 30.3 Å². The molecule has 194 valence electrons. The van der Waals surface area contributed by atoms with Crippen LogP contribution in [-0.4, -0.2) is 75.4 Å². The second-order valence-corrected chi connectivity index (χ2v) is 8.20. The summed E-state index contributed by atoms with van der Waals surface area (Å²) in [6, 6.07) is 5.42. The molecular formula is C23H31N7O6. The van der Waals surface area contributed by atoms with Crippen LogP contribution in [0.3, 0.4) is 0 Å². The van der Waals surface area contributed by atoms with Crippen molar-refractivity contribution < 1.29 is 29.1 Å². The number of aromatic amines is 1. The summed E-state index contributed by atoms with van der Waals surface area (Å²) >= 11 is 0. The Kier molecular flexibility index (Phi) is 10.6. The number of benzene rings is 1. The van der Waals surface area contributed by atoms with E-state index >= 15 is 0 Å². The Labute approximate surface area is 207 Å². The van der Waals surface area contributed by atoms with E-state index in [2.05, 4.69) is 31.2 Å². The van der Waals surface area contributed by atoms with Gasteiger partial charge in [0.05, 0.1) is 19.0 Å². The number of amides is 5. The van der Waals surface area contributed by atoms with E-state index in [9.17, 15) is 29.1 Å². The third-order valence-electron chi connectivity index (χ3n) is 5.09. The van der Waals surface area contributed by atoms with Gasteiger partial charge in [-0.05, 0) is 12.5 Å². The van der Waals surface area contributed by atoms with E-state index in [-0.39, 0.29) is 12.8 Å². The summed E-state index contributed by atoms with van der Waals surface area (Å²) in [6.07, 6.45) is 1.70. The number of nitrogens with two attached hydrogens (primary N) is 1. The average Bonchev–Trinajstić information content (AvgIpc) is 3.33. The van der Waals surface area contributed by atoms with E-state index in [1.807, 2.05) is 6.07 Å². The summed E-state index contributed by atoms with van der Waals surface area (Å²) in [5.74, 6) is -3.46. The van der Waals surface area contributed by atoms with Gasteiger partial charge in [-0.3, -0.25) is 24.0 Å². The minimum atomic E-state index is -1.42. The van der Waals surface area contributed by atoms with Gasteiger partial charge in [0.15, 0.2) is 0 Å². The first-order valence-electron chi connectivity index (χ1n) is 11.2. The number of carbonyl (C=O) groups excluding carboxylic acids is 5. The molecule has 13 heteroatoms. The normalized spacial score (nSPS) is 14.0. The van der Waals surface area contributed by atoms with Crippen LogP contribution < -0.4 is 27.0 Å². The van der Waals surface area contributed by atoms with Crippen molar-refractivity contribution in [2.45, 2.75) is 50.9 Å². The predicted octanol–water partition coefficient (Wildman–Crippen LogP) is -2.35. The van der Waals surface area contributed by atoms with E-state index in [0.29, 0.717) is 5.69 Å². The zero-order valence-electron chi connectivity index (χ0n) is 20.0. The molecule has 0 saturated carbocycles. The lowest BCUT2D eigenvalue weighted by molar-refractivity contribution is -0.135. The summed E-state index contributed by atoms with van der Waals surface area (Å²) in [5, 5.41) is 19.8. The minimum Gasteiger partial charge on any atom is -0.391 e. The van der Waals surface area contributed by atoms with E-state index in [1.165, 1.54) is 26.4 Å². The highest BCUT2D eigenvalue weighted by atomic mass is 16.3. The van der Waals surface area contributed by atoms with Crippen molar-refractivity contribution in [2.24, 2.45) is 5.73 Å². The number of aliphatic hydroxyl groups is 1. The first-order chi connectivity index (χ1) is 17.1. The van der Waals surface area contributed by atoms with Gasteiger partial charge in [0.25, 0.3) is 0 Å². The molecule has 1 heterocycles. The van der Waals surface area contributed by atoms with Crippen LogP contribution in [0.1, 0.15) is 25.1 Å². The molecule has 0 fully saturated rings. The van der Waals surface area contributed by atoms with Crippen LogP contribution in [0.4, 0.5) is 0 Å². The van der Waals surface area contributed by atoms with Crippen molar-refractivity contribution >= 4 is 29.5 Å². The third kappa shape index (κ3) is 9.18. The van der Waals surface area contributed by atoms with Crippen molar-refractivity contribution in [3.8, 4) is 0 Å². The van der Waals surface area contributed by atoms with Crippen LogP contribution >= 0.6 is 0 Å². The molecule has 5 amide bonds. The van der Waals surface area contributed by atoms with Gasteiger partial charge in [-0.15, -0.1) is 0 Å². The summed E-state index contributed by atoms with van der Waals surface area (Å²) in [6.45, 7) is 2.08. The Morgan fingerprint density at radius 2 is 1.61 bits per heavy atom. The molecule has 0 spiro atoms. The zero-order valence-corrected chi connectivity index (χ0v) is 20.0. The van der Waals surface area contributed by atoms with Gasteiger partial charge < -0.3 is 37.1 Å². The summed E-state index contributed by atoms with van der Waals surface area (Å²) in [7, 11) is 0. The maximum atomic E-state index is 13.1. The maximum absolute atomic E-state index is 13.1. The number of aliphatic hydroxyl groups excluding tert-OH is 1. The van der Waals surface area contributed by atoms with Crippen molar-refractivity contribution in [3.63, 3.8) is 0 Å². The molecule has 0 aliphatic carbocycles. The Balaban J connectivity index is 2.21. The highest BCUT2D eigenvalue weighted by Gasteiger charge is 2.32. The maximum Gasteiger partial charge on any atom is 0.245 e. The van der Waals surface area contributed by atoms with Crippen LogP contribution in [0.5, 0.6) is 0 Å². The molecule has 13 nitrogen and oxygen atoms in total. The molecule has 0 aliphatic rings. The number of rotatable bonds is 13. The van der Waals surface area contributed by atoms with Crippen LogP contribution in [0.2, 0.25) is 0 Å². The smallest absolute Gasteiger partial charge is 0.245 e. The van der Waals surface area contributed by atoms with E-state index in [0.717, 1.165) is 5.56 Å². The van der Waals surface area contributed by atoms with Gasteiger partial charge >= 0.3 is 0 Å². The average molecular weight is 502 g/mol. The number of hydrogen-bond donors (Lipinski definition) is 7. The summed E-state index contributed by atoms with van der Waals surface area (Å²) < 4.78 is 0. The molecule has 0 saturated heterocycles. The fourth-order valence-corrected chi connectivity index (χ4v) is 3.35. The van der Waals surface area contributed by atoms with Gasteiger partial charge in [0, 0.05) is 31.7 Å². The van der Waals surface area contributed by atoms with Gasteiger partial charge in [-0.2, -0.15) is 0 Å². The van der Waals surface area contributed by atoms with Crippen LogP contribution in [0, 0.1) is 0 Å². The lowest BCUT2D eigenvalue weighted by atomic mass is 10.0. The summed E-state index contributed by atoms with van der Waals surface area (Å²) in [5.41, 5.74) is 6.33. The molecule has 8 N–H and O–H groups in total. The van der Waals surface area contributed by atoms with Crippen molar-refractivity contribution in [1.29, 1.82) is 0 Å². The zero-order chi connectivity index (χ0) is 26.7. The van der Waals surface area contributed by atoms with Crippen LogP contribution in [0.25, 0.3) is 0 Å². The monoisotopic (exact) mass is 501 g/mol. The number of nitrogens with zero attached hydrogens (tertiary/aromatic N) is 1. The number of aromatic nitrogens is 2. The van der Waals surface area contributed by atoms with Crippen molar-refractivity contribution in [2.75, 3.05) is 6.54 Å². The Hall–Kier alpha value is -4.26. The lowest BCUT2D eigenvalue weighted by Gasteiger charge is -2.26. The summed E-state index contributed by atoms with van der Waals surface area (Å²) in [4.78, 5) is 68.1. The lowest BCUT2D eigenvalue weighted by Crippen LogP contribution is -2.60. The molecule has 0 aliphatic heterocycles. The van der Waals surface area contributed by atoms with E-state index in [1.54, 1.807) is 24.3 Å². The van der Waals surface area contributed by atoms with E-state index < -0.39 is 60.3 Å². The molecule has 36 heavy (non-hydrogen) atoms. The Bertz CT molecular complexity index is 1040. The largest absolute Gasteiger partial charge is 0.391 e. The Morgan fingerprint density at radius 1 is 0.972 bits per heavy atom. The van der Waals surface area contributed by atoms with Gasteiger partial charge in [-0.25, -0.2) is 4.98 Å². The molecule has 1 aromatic heterocycles. The van der Waals surface area contributed by atoms with Gasteiger partial charge in [0.2, 0.25) is 29.5 Å². The minimum absolute atomic E-state index is 0.0227. The topological polar surface area (TPSA) is 208 Å². The molecule has 2 aromatic rings. The second kappa shape index (κ2) is 13.6. The van der Waals surface area contributed by atoms with Crippen LogP contribution in [-0.2, 0) is 36.8 Å². The number of primary amides is 1. The van der Waals surface area contributed by atoms with Gasteiger partial charge in [0.1, 0.15) is 18.1 Å². The molecular weight excluding hydrogens is 470 g/mol. The second-order valence-electron chi connectivity index (χ2n) is 8.20. The molecule has 0 radical (unpaired) electrons. The highest BCUT2D eigenvalue weighted by Crippen LogP contribution is 2.06. The standard InChI is InChI=1S/C23H31N7O6/c1-13(31)20(23(36)26-11-19(24)33)30-22(35)18(9-16-10-25-12-27-16)29-21(34)17(28-14(2)32)8-15-6-4-3-5-7-15/h3-7,10,12-13,17-18,20,31H,8-9,11H2,1-2H3,(H2,24,33)(H,25,27)(H,26,36)(H,28,32)(H,29,34)(H,30,35)/t13-,17+,18+,20+/m1/s1. The first-order valence-corrected chi connectivity index (χ1v) is 11.2. The SMILES string of the molecule is CC(=O)N[C@@H](Cc1ccccc1)C(=O)N[C@@H](Cc1cnc[nH]1)C(=O)N[C@H](C(=O)NCC(N)=O)[C@@H](C)O. The quantitative estimate of drug-likeness (QED) is 0.159. The molecule has 2 rings (SSSR count). The predicted molar refractivity (Wildman–Crippen MR) is 128 cm³/mol. The van der Waals surface area contributed by atoms with Crippen LogP contribution in [0.15, 0.2) is 42.9 Å². The molecule has 0 bridgehead atoms. The third-order valence-corrected chi connectivity index (χ3v) is 5.09. The number of hydrogen-bond acceptors (Lipinski definition) is 7. The highest BCUT2D eigenvalue weighted by molar-refractivity contribution is 5.95. The number of imidazole rings is 1. The van der Waals surface area contributed by atoms with Crippen molar-refractivity contribution in [1.82, 2.24) is 31.2 Å². The number of carbonyl (C=O) groups is 5. The molecule has 0 unspecified atom stereocenters. The fourth-order valence-electron chi connectivity index (χ4n) is 3.35. The fraction of sp³-hybridized carbons (Fsp3) is 0.391.